The summed E-state index contributed by atoms with van der Waals surface area (Å²) in [5.41, 5.74) is -0.0419. The molecule has 0 aromatic rings. The van der Waals surface area contributed by atoms with Crippen molar-refractivity contribution in [3.8, 4) is 0 Å². The maximum atomic E-state index is 9.39. The molecule has 1 fully saturated rings. The van der Waals surface area contributed by atoms with Crippen molar-refractivity contribution < 1.29 is 5.11 Å². The second-order valence-corrected chi connectivity index (χ2v) is 4.69. The molecule has 1 heterocycles. The molecule has 0 radical (unpaired) electrons. The van der Waals surface area contributed by atoms with E-state index in [4.69, 9.17) is 0 Å². The van der Waals surface area contributed by atoms with E-state index in [2.05, 4.69) is 17.1 Å². The molecule has 0 amide bonds. The van der Waals surface area contributed by atoms with Gasteiger partial charge < -0.3 is 15.3 Å². The van der Waals surface area contributed by atoms with E-state index in [1.54, 1.807) is 0 Å². The third-order valence-corrected chi connectivity index (χ3v) is 3.84. The van der Waals surface area contributed by atoms with E-state index in [1.807, 2.05) is 7.05 Å². The van der Waals surface area contributed by atoms with Crippen LogP contribution in [0.4, 0.5) is 0 Å². The molecule has 90 valence electrons. The minimum absolute atomic E-state index is 0.0419. The first-order valence-corrected chi connectivity index (χ1v) is 6.28. The second-order valence-electron chi connectivity index (χ2n) is 4.69. The number of likely N-dealkylation sites (tertiary alicyclic amines) is 1. The summed E-state index contributed by atoms with van der Waals surface area (Å²) >= 11 is 0. The Morgan fingerprint density at radius 3 is 2.47 bits per heavy atom. The summed E-state index contributed by atoms with van der Waals surface area (Å²) in [7, 11) is 1.95. The summed E-state index contributed by atoms with van der Waals surface area (Å²) in [6, 6.07) is 0. The highest BCUT2D eigenvalue weighted by Gasteiger charge is 2.24. The van der Waals surface area contributed by atoms with Gasteiger partial charge in [0.25, 0.3) is 0 Å². The Bertz CT molecular complexity index is 155. The van der Waals surface area contributed by atoms with Crippen molar-refractivity contribution in [1.82, 2.24) is 10.2 Å². The molecule has 0 aromatic carbocycles. The van der Waals surface area contributed by atoms with Crippen molar-refractivity contribution in [2.75, 3.05) is 33.3 Å². The minimum Gasteiger partial charge on any atom is -0.394 e. The van der Waals surface area contributed by atoms with Crippen LogP contribution in [0, 0.1) is 0 Å². The molecule has 0 spiro atoms. The highest BCUT2D eigenvalue weighted by atomic mass is 16.3. The molecule has 3 heteroatoms. The number of likely N-dealkylation sites (N-methyl/N-ethyl adjacent to an activating group) is 1. The van der Waals surface area contributed by atoms with Crippen LogP contribution in [-0.2, 0) is 0 Å². The molecule has 0 aromatic heterocycles. The molecule has 1 saturated heterocycles. The van der Waals surface area contributed by atoms with Gasteiger partial charge in [-0.3, -0.25) is 0 Å². The highest BCUT2D eigenvalue weighted by molar-refractivity contribution is 4.84. The Kier molecular flexibility index (Phi) is 5.58. The van der Waals surface area contributed by atoms with Crippen LogP contribution in [-0.4, -0.2) is 48.8 Å². The molecular formula is C12H26N2O. The van der Waals surface area contributed by atoms with Crippen LogP contribution in [0.2, 0.25) is 0 Å². The number of hydrogen-bond donors (Lipinski definition) is 2. The van der Waals surface area contributed by atoms with Gasteiger partial charge in [-0.15, -0.1) is 0 Å². The Morgan fingerprint density at radius 1 is 1.33 bits per heavy atom. The first-order chi connectivity index (χ1) is 7.26. The number of hydrogen-bond acceptors (Lipinski definition) is 3. The summed E-state index contributed by atoms with van der Waals surface area (Å²) in [5.74, 6) is 0. The standard InChI is InChI=1S/C12H26N2O/c1-3-12(11-15,13-2)7-6-10-14-8-4-5-9-14/h13,15H,3-11H2,1-2H3. The Morgan fingerprint density at radius 2 is 2.00 bits per heavy atom. The fourth-order valence-electron chi connectivity index (χ4n) is 2.40. The SMILES string of the molecule is CCC(CO)(CCCN1CCCC1)NC. The van der Waals surface area contributed by atoms with E-state index in [-0.39, 0.29) is 12.1 Å². The van der Waals surface area contributed by atoms with E-state index >= 15 is 0 Å². The lowest BCUT2D eigenvalue weighted by atomic mass is 9.91. The van der Waals surface area contributed by atoms with E-state index in [1.165, 1.54) is 38.9 Å². The minimum atomic E-state index is -0.0419. The molecule has 1 unspecified atom stereocenters. The topological polar surface area (TPSA) is 35.5 Å². The van der Waals surface area contributed by atoms with Gasteiger partial charge in [0.15, 0.2) is 0 Å². The third kappa shape index (κ3) is 3.74. The van der Waals surface area contributed by atoms with Gasteiger partial charge in [0.1, 0.15) is 0 Å². The molecule has 15 heavy (non-hydrogen) atoms. The van der Waals surface area contributed by atoms with Crippen LogP contribution in [0.3, 0.4) is 0 Å². The van der Waals surface area contributed by atoms with Crippen LogP contribution < -0.4 is 5.32 Å². The third-order valence-electron chi connectivity index (χ3n) is 3.84. The van der Waals surface area contributed by atoms with Gasteiger partial charge in [0.2, 0.25) is 0 Å². The number of rotatable bonds is 7. The van der Waals surface area contributed by atoms with E-state index in [9.17, 15) is 5.11 Å². The fraction of sp³-hybridized carbons (Fsp3) is 1.00. The van der Waals surface area contributed by atoms with Gasteiger partial charge in [-0.25, -0.2) is 0 Å². The monoisotopic (exact) mass is 214 g/mol. The van der Waals surface area contributed by atoms with E-state index < -0.39 is 0 Å². The predicted octanol–water partition coefficient (Wildman–Crippen LogP) is 1.22. The second kappa shape index (κ2) is 6.46. The summed E-state index contributed by atoms with van der Waals surface area (Å²) in [5, 5.41) is 12.7. The van der Waals surface area contributed by atoms with Crippen molar-refractivity contribution in [3.63, 3.8) is 0 Å². The van der Waals surface area contributed by atoms with E-state index in [0.717, 1.165) is 12.8 Å². The molecule has 3 nitrogen and oxygen atoms in total. The normalized spacial score (nSPS) is 21.8. The highest BCUT2D eigenvalue weighted by Crippen LogP contribution is 2.17. The molecule has 1 aliphatic rings. The maximum Gasteiger partial charge on any atom is 0.0613 e. The largest absolute Gasteiger partial charge is 0.394 e. The Balaban J connectivity index is 2.21. The van der Waals surface area contributed by atoms with Gasteiger partial charge in [-0.05, 0) is 58.8 Å². The lowest BCUT2D eigenvalue weighted by Crippen LogP contribution is -2.46. The van der Waals surface area contributed by atoms with Gasteiger partial charge in [0, 0.05) is 5.54 Å². The first kappa shape index (κ1) is 12.9. The summed E-state index contributed by atoms with van der Waals surface area (Å²) < 4.78 is 0. The van der Waals surface area contributed by atoms with Gasteiger partial charge in [-0.1, -0.05) is 6.92 Å². The number of nitrogens with one attached hydrogen (secondary N) is 1. The summed E-state index contributed by atoms with van der Waals surface area (Å²) in [4.78, 5) is 2.54. The van der Waals surface area contributed by atoms with Crippen LogP contribution in [0.25, 0.3) is 0 Å². The summed E-state index contributed by atoms with van der Waals surface area (Å²) in [6.45, 7) is 6.14. The molecular weight excluding hydrogens is 188 g/mol. The number of aliphatic hydroxyl groups excluding tert-OH is 1. The average molecular weight is 214 g/mol. The zero-order valence-corrected chi connectivity index (χ0v) is 10.3. The van der Waals surface area contributed by atoms with Gasteiger partial charge in [0.05, 0.1) is 6.61 Å². The quantitative estimate of drug-likeness (QED) is 0.669. The van der Waals surface area contributed by atoms with Crippen molar-refractivity contribution in [3.05, 3.63) is 0 Å². The molecule has 1 rings (SSSR count). The van der Waals surface area contributed by atoms with Crippen LogP contribution in [0.15, 0.2) is 0 Å². The molecule has 2 N–H and O–H groups in total. The molecule has 0 saturated carbocycles. The lowest BCUT2D eigenvalue weighted by Gasteiger charge is -2.31. The fourth-order valence-corrected chi connectivity index (χ4v) is 2.40. The van der Waals surface area contributed by atoms with Crippen molar-refractivity contribution in [1.29, 1.82) is 0 Å². The Labute approximate surface area is 93.9 Å². The Hall–Kier alpha value is -0.120. The molecule has 1 atom stereocenters. The average Bonchev–Trinajstić information content (AvgIpc) is 2.78. The van der Waals surface area contributed by atoms with Crippen LogP contribution >= 0.6 is 0 Å². The zero-order chi connectivity index (χ0) is 11.1. The van der Waals surface area contributed by atoms with Crippen molar-refractivity contribution in [2.45, 2.75) is 44.6 Å². The maximum absolute atomic E-state index is 9.39. The number of aliphatic hydroxyl groups is 1. The first-order valence-electron chi connectivity index (χ1n) is 6.28. The number of nitrogens with zero attached hydrogens (tertiary/aromatic N) is 1. The van der Waals surface area contributed by atoms with E-state index in [0.29, 0.717) is 0 Å². The molecule has 1 aliphatic heterocycles. The summed E-state index contributed by atoms with van der Waals surface area (Å²) in [6.07, 6.45) is 6.00. The predicted molar refractivity (Wildman–Crippen MR) is 64.1 cm³/mol. The van der Waals surface area contributed by atoms with Crippen LogP contribution in [0.5, 0.6) is 0 Å². The van der Waals surface area contributed by atoms with Gasteiger partial charge >= 0.3 is 0 Å². The van der Waals surface area contributed by atoms with Crippen LogP contribution in [0.1, 0.15) is 39.0 Å². The van der Waals surface area contributed by atoms with Crippen molar-refractivity contribution in [2.24, 2.45) is 0 Å². The molecule has 0 aliphatic carbocycles. The zero-order valence-electron chi connectivity index (χ0n) is 10.3. The van der Waals surface area contributed by atoms with Crippen molar-refractivity contribution >= 4 is 0 Å². The smallest absolute Gasteiger partial charge is 0.0613 e. The lowest BCUT2D eigenvalue weighted by molar-refractivity contribution is 0.148. The van der Waals surface area contributed by atoms with Gasteiger partial charge in [-0.2, -0.15) is 0 Å². The molecule has 0 bridgehead atoms.